The van der Waals surface area contributed by atoms with Crippen LogP contribution in [-0.4, -0.2) is 48.4 Å². The van der Waals surface area contributed by atoms with Gasteiger partial charge in [0.1, 0.15) is 5.69 Å². The van der Waals surface area contributed by atoms with Gasteiger partial charge in [0.15, 0.2) is 5.82 Å². The molecule has 1 aliphatic rings. The first kappa shape index (κ1) is 18.1. The second kappa shape index (κ2) is 6.87. The van der Waals surface area contributed by atoms with Crippen LogP contribution < -0.4 is 5.01 Å². The Kier molecular flexibility index (Phi) is 4.78. The van der Waals surface area contributed by atoms with Crippen molar-refractivity contribution in [2.75, 3.05) is 25.3 Å². The fourth-order valence-electron chi connectivity index (χ4n) is 2.67. The summed E-state index contributed by atoms with van der Waals surface area (Å²) >= 11 is 6.04. The van der Waals surface area contributed by atoms with Crippen LogP contribution in [0.2, 0.25) is 5.02 Å². The summed E-state index contributed by atoms with van der Waals surface area (Å²) in [5, 5.41) is 6.03. The second-order valence-electron chi connectivity index (χ2n) is 5.55. The van der Waals surface area contributed by atoms with E-state index in [0.717, 1.165) is 0 Å². The average Bonchev–Trinajstić information content (AvgIpc) is 2.61. The fourth-order valence-corrected chi connectivity index (χ4v) is 2.84. The molecule has 0 aliphatic carbocycles. The summed E-state index contributed by atoms with van der Waals surface area (Å²) in [5.41, 5.74) is -0.824. The zero-order chi connectivity index (χ0) is 18.9. The molecular weight excluding hydrogens is 360 g/mol. The third-order valence-corrected chi connectivity index (χ3v) is 4.14. The van der Waals surface area contributed by atoms with Crippen molar-refractivity contribution in [2.45, 2.75) is 19.3 Å². The summed E-state index contributed by atoms with van der Waals surface area (Å²) in [6.07, 6.45) is 1.19. The van der Waals surface area contributed by atoms with E-state index >= 15 is 0 Å². The van der Waals surface area contributed by atoms with E-state index < -0.39 is 17.4 Å². The van der Waals surface area contributed by atoms with E-state index in [4.69, 9.17) is 21.1 Å². The lowest BCUT2D eigenvalue weighted by atomic mass is 9.84. The van der Waals surface area contributed by atoms with Gasteiger partial charge in [0.05, 0.1) is 30.5 Å². The number of carbonyl (C=O) groups excluding carboxylic acids is 2. The molecule has 0 spiro atoms. The smallest absolute Gasteiger partial charge is 0.335 e. The molecule has 1 aromatic carbocycles. The number of hydrazone groups is 1. The predicted molar refractivity (Wildman–Crippen MR) is 96.4 cm³/mol. The Morgan fingerprint density at radius 1 is 1.12 bits per heavy atom. The van der Waals surface area contributed by atoms with E-state index in [-0.39, 0.29) is 24.7 Å². The Bertz CT molecular complexity index is 897. The molecule has 0 saturated heterocycles. The minimum Gasteiger partial charge on any atom is -0.465 e. The first-order chi connectivity index (χ1) is 12.4. The molecule has 0 radical (unpaired) electrons. The first-order valence-electron chi connectivity index (χ1n) is 8.05. The van der Waals surface area contributed by atoms with Gasteiger partial charge in [-0.25, -0.2) is 24.6 Å². The van der Waals surface area contributed by atoms with Crippen molar-refractivity contribution in [3.63, 3.8) is 0 Å². The molecule has 8 nitrogen and oxygen atoms in total. The molecule has 26 heavy (non-hydrogen) atoms. The number of hydrogen-bond donors (Lipinski definition) is 0. The molecule has 0 bridgehead atoms. The fraction of sp³-hybridized carbons (Fsp3) is 0.353. The maximum absolute atomic E-state index is 12.8. The maximum atomic E-state index is 12.8. The molecule has 0 atom stereocenters. The van der Waals surface area contributed by atoms with Gasteiger partial charge < -0.3 is 9.47 Å². The lowest BCUT2D eigenvalue weighted by Crippen LogP contribution is -2.51. The van der Waals surface area contributed by atoms with E-state index in [1.54, 1.807) is 39.1 Å². The van der Waals surface area contributed by atoms with E-state index in [2.05, 4.69) is 15.1 Å². The molecule has 0 N–H and O–H groups in total. The summed E-state index contributed by atoms with van der Waals surface area (Å²) in [5.74, 6) is -1.36. The summed E-state index contributed by atoms with van der Waals surface area (Å²) in [6.45, 7) is 3.48. The van der Waals surface area contributed by atoms with E-state index in [1.807, 2.05) is 0 Å². The first-order valence-corrected chi connectivity index (χ1v) is 8.43. The Balaban J connectivity index is 2.31. The summed E-state index contributed by atoms with van der Waals surface area (Å²) in [4.78, 5) is 34.6. The normalized spacial score (nSPS) is 14.8. The van der Waals surface area contributed by atoms with E-state index in [1.165, 1.54) is 11.2 Å². The van der Waals surface area contributed by atoms with Gasteiger partial charge >= 0.3 is 11.9 Å². The minimum atomic E-state index is -1.92. The number of carbonyl (C=O) groups is 2. The summed E-state index contributed by atoms with van der Waals surface area (Å²) in [6, 6.07) is 4.99. The minimum absolute atomic E-state index is 0.0891. The predicted octanol–water partition coefficient (Wildman–Crippen LogP) is 2.08. The van der Waals surface area contributed by atoms with Gasteiger partial charge in [0, 0.05) is 12.1 Å². The van der Waals surface area contributed by atoms with Gasteiger partial charge in [0.2, 0.25) is 5.41 Å². The molecule has 1 aliphatic heterocycles. The Labute approximate surface area is 154 Å². The van der Waals surface area contributed by atoms with Crippen molar-refractivity contribution in [1.29, 1.82) is 0 Å². The van der Waals surface area contributed by atoms with Crippen molar-refractivity contribution in [1.82, 2.24) is 9.97 Å². The standard InChI is InChI=1S/C17H17ClN4O4/c1-4-25-15(23)17(16(24)26-5-2)9-19-22(3)14-13(17)20-12-8-10(18)6-7-11(12)21-14/h6-9H,4-5H2,1-3H3. The molecule has 2 aromatic rings. The highest BCUT2D eigenvalue weighted by Gasteiger charge is 2.55. The highest BCUT2D eigenvalue weighted by Crippen LogP contribution is 2.36. The van der Waals surface area contributed by atoms with E-state index in [9.17, 15) is 9.59 Å². The van der Waals surface area contributed by atoms with Crippen molar-refractivity contribution < 1.29 is 19.1 Å². The SMILES string of the molecule is CCOC(=O)C1(C(=O)OCC)C=NN(C)c2nc3ccc(Cl)cc3nc21. The number of ether oxygens (including phenoxy) is 2. The van der Waals surface area contributed by atoms with Crippen molar-refractivity contribution >= 4 is 46.6 Å². The van der Waals surface area contributed by atoms with Gasteiger partial charge in [0.25, 0.3) is 0 Å². The second-order valence-corrected chi connectivity index (χ2v) is 5.98. The molecule has 136 valence electrons. The number of esters is 2. The number of fused-ring (bicyclic) bond motifs is 2. The zero-order valence-electron chi connectivity index (χ0n) is 14.5. The number of aromatic nitrogens is 2. The van der Waals surface area contributed by atoms with Crippen molar-refractivity contribution in [3.8, 4) is 0 Å². The van der Waals surface area contributed by atoms with Gasteiger partial charge in [-0.15, -0.1) is 0 Å². The van der Waals surface area contributed by atoms with Crippen LogP contribution in [0.3, 0.4) is 0 Å². The Morgan fingerprint density at radius 3 is 2.38 bits per heavy atom. The van der Waals surface area contributed by atoms with Crippen LogP contribution in [-0.2, 0) is 24.5 Å². The van der Waals surface area contributed by atoms with Crippen LogP contribution in [0.5, 0.6) is 0 Å². The molecule has 1 aromatic heterocycles. The van der Waals surface area contributed by atoms with Gasteiger partial charge in [-0.2, -0.15) is 5.10 Å². The van der Waals surface area contributed by atoms with Gasteiger partial charge in [-0.05, 0) is 32.0 Å². The van der Waals surface area contributed by atoms with Crippen LogP contribution in [0.4, 0.5) is 5.82 Å². The number of nitrogens with zero attached hydrogens (tertiary/aromatic N) is 4. The molecule has 0 saturated carbocycles. The van der Waals surface area contributed by atoms with Crippen molar-refractivity contribution in [2.24, 2.45) is 5.10 Å². The number of benzene rings is 1. The van der Waals surface area contributed by atoms with E-state index in [0.29, 0.717) is 16.1 Å². The number of hydrogen-bond acceptors (Lipinski definition) is 8. The highest BCUT2D eigenvalue weighted by atomic mass is 35.5. The Morgan fingerprint density at radius 2 is 1.77 bits per heavy atom. The van der Waals surface area contributed by atoms with Crippen LogP contribution in [0.1, 0.15) is 19.5 Å². The van der Waals surface area contributed by atoms with Gasteiger partial charge in [-0.1, -0.05) is 11.6 Å². The molecule has 3 rings (SSSR count). The molecule has 0 unspecified atom stereocenters. The molecule has 0 fully saturated rings. The molecular formula is C17H17ClN4O4. The number of rotatable bonds is 4. The average molecular weight is 377 g/mol. The third-order valence-electron chi connectivity index (χ3n) is 3.91. The molecule has 2 heterocycles. The van der Waals surface area contributed by atoms with Crippen LogP contribution >= 0.6 is 11.6 Å². The number of halogens is 1. The topological polar surface area (TPSA) is 94.0 Å². The zero-order valence-corrected chi connectivity index (χ0v) is 15.3. The molecule has 9 heteroatoms. The van der Waals surface area contributed by atoms with Gasteiger partial charge in [-0.3, -0.25) is 0 Å². The maximum Gasteiger partial charge on any atom is 0.335 e. The quantitative estimate of drug-likeness (QED) is 0.595. The monoisotopic (exact) mass is 376 g/mol. The summed E-state index contributed by atoms with van der Waals surface area (Å²) < 4.78 is 10.3. The van der Waals surface area contributed by atoms with Crippen LogP contribution in [0, 0.1) is 0 Å². The lowest BCUT2D eigenvalue weighted by Gasteiger charge is -2.31. The Hall–Kier alpha value is -2.74. The van der Waals surface area contributed by atoms with Crippen molar-refractivity contribution in [3.05, 3.63) is 28.9 Å². The highest BCUT2D eigenvalue weighted by molar-refractivity contribution is 6.31. The molecule has 0 amide bonds. The van der Waals surface area contributed by atoms with Crippen LogP contribution in [0.25, 0.3) is 11.0 Å². The third kappa shape index (κ3) is 2.76. The largest absolute Gasteiger partial charge is 0.465 e. The summed E-state index contributed by atoms with van der Waals surface area (Å²) in [7, 11) is 1.64. The number of anilines is 1. The lowest BCUT2D eigenvalue weighted by molar-refractivity contribution is -0.160. The van der Waals surface area contributed by atoms with Crippen LogP contribution in [0.15, 0.2) is 23.3 Å².